The van der Waals surface area contributed by atoms with Crippen molar-refractivity contribution in [1.29, 1.82) is 0 Å². The molecule has 0 aliphatic carbocycles. The first-order valence-electron chi connectivity index (χ1n) is 6.63. The molecule has 0 bridgehead atoms. The summed E-state index contributed by atoms with van der Waals surface area (Å²) in [6.07, 6.45) is -0.242. The Morgan fingerprint density at radius 3 is 2.47 bits per heavy atom. The van der Waals surface area contributed by atoms with Crippen LogP contribution in [-0.4, -0.2) is 6.54 Å². The minimum Gasteiger partial charge on any atom is -0.481 e. The largest absolute Gasteiger partial charge is 0.481 e. The van der Waals surface area contributed by atoms with Gasteiger partial charge >= 0.3 is 0 Å². The maximum Gasteiger partial charge on any atom is 0.168 e. The van der Waals surface area contributed by atoms with Crippen molar-refractivity contribution in [1.82, 2.24) is 0 Å². The number of aryl methyl sites for hydroxylation is 1. The Labute approximate surface area is 114 Å². The Morgan fingerprint density at radius 1 is 1.16 bits per heavy atom. The van der Waals surface area contributed by atoms with E-state index in [1.807, 2.05) is 37.3 Å². The fourth-order valence-corrected chi connectivity index (χ4v) is 2.07. The van der Waals surface area contributed by atoms with Gasteiger partial charge in [0, 0.05) is 6.54 Å². The molecule has 0 saturated heterocycles. The van der Waals surface area contributed by atoms with E-state index in [0.29, 0.717) is 12.5 Å². The Balaban J connectivity index is 2.23. The molecule has 0 radical (unpaired) electrons. The number of furan rings is 1. The van der Waals surface area contributed by atoms with E-state index in [1.165, 1.54) is 5.56 Å². The maximum atomic E-state index is 6.04. The lowest BCUT2D eigenvalue weighted by Crippen LogP contribution is -2.18. The van der Waals surface area contributed by atoms with Crippen molar-refractivity contribution in [2.75, 3.05) is 6.54 Å². The molecule has 2 rings (SSSR count). The first-order chi connectivity index (χ1) is 9.11. The summed E-state index contributed by atoms with van der Waals surface area (Å²) in [5, 5.41) is 0. The van der Waals surface area contributed by atoms with E-state index in [-0.39, 0.29) is 6.10 Å². The molecule has 1 unspecified atom stereocenters. The Bertz CT molecular complexity index is 531. The van der Waals surface area contributed by atoms with E-state index in [2.05, 4.69) is 19.9 Å². The van der Waals surface area contributed by atoms with Gasteiger partial charge in [-0.05, 0) is 36.6 Å². The van der Waals surface area contributed by atoms with Crippen LogP contribution < -0.4 is 10.5 Å². The molecular weight excluding hydrogens is 238 g/mol. The minimum atomic E-state index is -0.242. The molecule has 0 fully saturated rings. The monoisotopic (exact) mass is 259 g/mol. The van der Waals surface area contributed by atoms with Crippen molar-refractivity contribution in [2.45, 2.75) is 32.8 Å². The van der Waals surface area contributed by atoms with Crippen LogP contribution in [0.3, 0.4) is 0 Å². The van der Waals surface area contributed by atoms with Crippen LogP contribution in [0, 0.1) is 6.92 Å². The van der Waals surface area contributed by atoms with Crippen LogP contribution >= 0.6 is 0 Å². The molecule has 3 heteroatoms. The van der Waals surface area contributed by atoms with Gasteiger partial charge < -0.3 is 14.9 Å². The van der Waals surface area contributed by atoms with Crippen molar-refractivity contribution >= 4 is 0 Å². The van der Waals surface area contributed by atoms with Crippen LogP contribution in [0.15, 0.2) is 40.8 Å². The summed E-state index contributed by atoms with van der Waals surface area (Å²) in [6.45, 7) is 6.60. The first-order valence-corrected chi connectivity index (χ1v) is 6.63. The third-order valence-electron chi connectivity index (χ3n) is 3.10. The van der Waals surface area contributed by atoms with Gasteiger partial charge in [0.15, 0.2) is 6.10 Å². The zero-order valence-electron chi connectivity index (χ0n) is 11.7. The second-order valence-electron chi connectivity index (χ2n) is 4.98. The SMILES string of the molecule is Cc1ccc(C(CN)Oc2ccccc2C(C)C)o1. The minimum absolute atomic E-state index is 0.242. The number of nitrogens with two attached hydrogens (primary N) is 1. The molecule has 1 aromatic carbocycles. The highest BCUT2D eigenvalue weighted by molar-refractivity contribution is 5.36. The van der Waals surface area contributed by atoms with Gasteiger partial charge in [-0.1, -0.05) is 32.0 Å². The number of para-hydroxylation sites is 1. The van der Waals surface area contributed by atoms with Crippen LogP contribution in [0.4, 0.5) is 0 Å². The lowest BCUT2D eigenvalue weighted by atomic mass is 10.0. The van der Waals surface area contributed by atoms with Crippen LogP contribution in [-0.2, 0) is 0 Å². The molecule has 1 aromatic heterocycles. The summed E-state index contributed by atoms with van der Waals surface area (Å²) in [7, 11) is 0. The molecule has 1 atom stereocenters. The highest BCUT2D eigenvalue weighted by Gasteiger charge is 2.17. The zero-order chi connectivity index (χ0) is 13.8. The average molecular weight is 259 g/mol. The predicted molar refractivity (Wildman–Crippen MR) is 76.4 cm³/mol. The lowest BCUT2D eigenvalue weighted by molar-refractivity contribution is 0.180. The van der Waals surface area contributed by atoms with Gasteiger partial charge in [0.1, 0.15) is 17.3 Å². The average Bonchev–Trinajstić information content (AvgIpc) is 2.82. The third-order valence-corrected chi connectivity index (χ3v) is 3.10. The Hall–Kier alpha value is -1.74. The van der Waals surface area contributed by atoms with Crippen molar-refractivity contribution < 1.29 is 9.15 Å². The summed E-state index contributed by atoms with van der Waals surface area (Å²) in [4.78, 5) is 0. The second-order valence-corrected chi connectivity index (χ2v) is 4.98. The summed E-state index contributed by atoms with van der Waals surface area (Å²) >= 11 is 0. The van der Waals surface area contributed by atoms with Crippen molar-refractivity contribution in [3.63, 3.8) is 0 Å². The van der Waals surface area contributed by atoms with Gasteiger partial charge in [-0.15, -0.1) is 0 Å². The molecule has 3 nitrogen and oxygen atoms in total. The summed E-state index contributed by atoms with van der Waals surface area (Å²) in [5.74, 6) is 2.93. The molecule has 102 valence electrons. The molecule has 0 aliphatic heterocycles. The van der Waals surface area contributed by atoms with Gasteiger partial charge in [0.2, 0.25) is 0 Å². The highest BCUT2D eigenvalue weighted by Crippen LogP contribution is 2.30. The Kier molecular flexibility index (Phi) is 4.27. The summed E-state index contributed by atoms with van der Waals surface area (Å²) in [5.41, 5.74) is 6.99. The maximum absolute atomic E-state index is 6.04. The molecule has 0 amide bonds. The van der Waals surface area contributed by atoms with E-state index in [9.17, 15) is 0 Å². The van der Waals surface area contributed by atoms with E-state index in [0.717, 1.165) is 17.3 Å². The van der Waals surface area contributed by atoms with Crippen LogP contribution in [0.25, 0.3) is 0 Å². The third kappa shape index (κ3) is 3.18. The number of hydrogen-bond donors (Lipinski definition) is 1. The number of benzene rings is 1. The van der Waals surface area contributed by atoms with Gasteiger partial charge in [-0.3, -0.25) is 0 Å². The lowest BCUT2D eigenvalue weighted by Gasteiger charge is -2.19. The number of ether oxygens (including phenoxy) is 1. The number of rotatable bonds is 5. The molecule has 2 aromatic rings. The van der Waals surface area contributed by atoms with E-state index < -0.39 is 0 Å². The van der Waals surface area contributed by atoms with Crippen molar-refractivity contribution in [2.24, 2.45) is 5.73 Å². The quantitative estimate of drug-likeness (QED) is 0.888. The smallest absolute Gasteiger partial charge is 0.168 e. The van der Waals surface area contributed by atoms with E-state index >= 15 is 0 Å². The van der Waals surface area contributed by atoms with Crippen molar-refractivity contribution in [3.8, 4) is 5.75 Å². The standard InChI is InChI=1S/C16H21NO2/c1-11(2)13-6-4-5-7-14(13)19-16(10-17)15-9-8-12(3)18-15/h4-9,11,16H,10,17H2,1-3H3. The summed E-state index contributed by atoms with van der Waals surface area (Å²) < 4.78 is 11.6. The molecule has 19 heavy (non-hydrogen) atoms. The number of hydrogen-bond acceptors (Lipinski definition) is 3. The van der Waals surface area contributed by atoms with E-state index in [4.69, 9.17) is 14.9 Å². The first kappa shape index (κ1) is 13.7. The van der Waals surface area contributed by atoms with Gasteiger partial charge in [0.25, 0.3) is 0 Å². The topological polar surface area (TPSA) is 48.4 Å². The van der Waals surface area contributed by atoms with Crippen LogP contribution in [0.5, 0.6) is 5.75 Å². The fraction of sp³-hybridized carbons (Fsp3) is 0.375. The molecule has 0 aliphatic rings. The van der Waals surface area contributed by atoms with Crippen molar-refractivity contribution in [3.05, 3.63) is 53.5 Å². The molecular formula is C16H21NO2. The fourth-order valence-electron chi connectivity index (χ4n) is 2.07. The highest BCUT2D eigenvalue weighted by atomic mass is 16.5. The predicted octanol–water partition coefficient (Wildman–Crippen LogP) is 3.79. The van der Waals surface area contributed by atoms with Gasteiger partial charge in [0.05, 0.1) is 0 Å². The van der Waals surface area contributed by atoms with E-state index in [1.54, 1.807) is 0 Å². The molecule has 2 N–H and O–H groups in total. The van der Waals surface area contributed by atoms with Gasteiger partial charge in [-0.2, -0.15) is 0 Å². The normalized spacial score (nSPS) is 12.7. The second kappa shape index (κ2) is 5.93. The molecule has 0 spiro atoms. The zero-order valence-corrected chi connectivity index (χ0v) is 11.7. The molecule has 0 saturated carbocycles. The molecule has 1 heterocycles. The van der Waals surface area contributed by atoms with Gasteiger partial charge in [-0.25, -0.2) is 0 Å². The van der Waals surface area contributed by atoms with Crippen LogP contribution in [0.2, 0.25) is 0 Å². The van der Waals surface area contributed by atoms with Crippen LogP contribution in [0.1, 0.15) is 43.0 Å². The summed E-state index contributed by atoms with van der Waals surface area (Å²) in [6, 6.07) is 11.9. The Morgan fingerprint density at radius 2 is 1.89 bits per heavy atom.